The number of amides is 1. The molecule has 2 rings (SSSR count). The summed E-state index contributed by atoms with van der Waals surface area (Å²) in [6, 6.07) is 5.74. The molecule has 0 aliphatic carbocycles. The first-order chi connectivity index (χ1) is 8.97. The smallest absolute Gasteiger partial charge is 0.258 e. The number of carbonyl (C=O) groups excluding carboxylic acids is 1. The Hall–Kier alpha value is -1.79. The van der Waals surface area contributed by atoms with Gasteiger partial charge in [-0.1, -0.05) is 11.6 Å². The molecular formula is C12H9BrClN3O2. The van der Waals surface area contributed by atoms with E-state index < -0.39 is 5.91 Å². The number of pyridine rings is 1. The van der Waals surface area contributed by atoms with Crippen LogP contribution < -0.4 is 11.1 Å². The average Bonchev–Trinajstić information content (AvgIpc) is 2.35. The van der Waals surface area contributed by atoms with Gasteiger partial charge in [-0.15, -0.1) is 0 Å². The van der Waals surface area contributed by atoms with Gasteiger partial charge in [0.15, 0.2) is 0 Å². The molecule has 1 aromatic carbocycles. The number of aromatic hydroxyl groups is 1. The lowest BCUT2D eigenvalue weighted by molar-refractivity contribution is 0.102. The number of anilines is 2. The van der Waals surface area contributed by atoms with Gasteiger partial charge in [0.05, 0.1) is 26.9 Å². The third kappa shape index (κ3) is 3.15. The minimum absolute atomic E-state index is 0.0427. The Kier molecular flexibility index (Phi) is 3.92. The Morgan fingerprint density at radius 1 is 1.42 bits per heavy atom. The predicted molar refractivity (Wildman–Crippen MR) is 77.4 cm³/mol. The van der Waals surface area contributed by atoms with Gasteiger partial charge in [0, 0.05) is 0 Å². The lowest BCUT2D eigenvalue weighted by atomic mass is 10.2. The summed E-state index contributed by atoms with van der Waals surface area (Å²) in [5.41, 5.74) is 6.19. The van der Waals surface area contributed by atoms with Crippen molar-refractivity contribution < 1.29 is 9.90 Å². The van der Waals surface area contributed by atoms with Crippen LogP contribution in [-0.2, 0) is 0 Å². The lowest BCUT2D eigenvalue weighted by Crippen LogP contribution is -2.14. The van der Waals surface area contributed by atoms with Crippen molar-refractivity contribution in [3.05, 3.63) is 45.5 Å². The van der Waals surface area contributed by atoms with Gasteiger partial charge in [-0.3, -0.25) is 4.79 Å². The zero-order valence-electron chi connectivity index (χ0n) is 9.52. The Bertz CT molecular complexity index is 649. The fourth-order valence-corrected chi connectivity index (χ4v) is 2.08. The first-order valence-corrected chi connectivity index (χ1v) is 6.35. The van der Waals surface area contributed by atoms with Gasteiger partial charge < -0.3 is 16.2 Å². The maximum Gasteiger partial charge on any atom is 0.258 e. The van der Waals surface area contributed by atoms with E-state index in [2.05, 4.69) is 26.2 Å². The molecule has 1 amide bonds. The van der Waals surface area contributed by atoms with Gasteiger partial charge in [0.25, 0.3) is 5.91 Å². The van der Waals surface area contributed by atoms with Crippen LogP contribution in [0.4, 0.5) is 11.5 Å². The van der Waals surface area contributed by atoms with E-state index in [1.54, 1.807) is 6.07 Å². The number of nitrogen functional groups attached to an aromatic ring is 1. The van der Waals surface area contributed by atoms with Gasteiger partial charge in [-0.05, 0) is 40.2 Å². The molecule has 1 heterocycles. The van der Waals surface area contributed by atoms with Crippen molar-refractivity contribution in [1.29, 1.82) is 0 Å². The molecule has 7 heteroatoms. The zero-order chi connectivity index (χ0) is 14.0. The van der Waals surface area contributed by atoms with Crippen molar-refractivity contribution >= 4 is 44.9 Å². The van der Waals surface area contributed by atoms with Gasteiger partial charge >= 0.3 is 0 Å². The third-order valence-electron chi connectivity index (χ3n) is 2.29. The number of phenols is 1. The fraction of sp³-hybridized carbons (Fsp3) is 0. The average molecular weight is 343 g/mol. The molecule has 0 aliphatic heterocycles. The molecule has 0 atom stereocenters. The standard InChI is InChI=1S/C12H9BrClN3O2/c13-9-3-6(15)5-16-11(9)17-12(19)8-4-7(18)1-2-10(8)14/h1-5,18H,15H2,(H,16,17,19). The second-order valence-corrected chi connectivity index (χ2v) is 4.98. The molecule has 1 aromatic heterocycles. The Balaban J connectivity index is 2.28. The number of halogens is 2. The Morgan fingerprint density at radius 2 is 2.16 bits per heavy atom. The van der Waals surface area contributed by atoms with Gasteiger partial charge in [-0.2, -0.15) is 0 Å². The summed E-state index contributed by atoms with van der Waals surface area (Å²) in [6.07, 6.45) is 1.42. The molecule has 0 aliphatic rings. The van der Waals surface area contributed by atoms with Crippen molar-refractivity contribution in [3.63, 3.8) is 0 Å². The van der Waals surface area contributed by atoms with Crippen molar-refractivity contribution in [3.8, 4) is 5.75 Å². The lowest BCUT2D eigenvalue weighted by Gasteiger charge is -2.08. The highest BCUT2D eigenvalue weighted by molar-refractivity contribution is 9.10. The largest absolute Gasteiger partial charge is 0.508 e. The van der Waals surface area contributed by atoms with Crippen LogP contribution in [0.5, 0.6) is 5.75 Å². The summed E-state index contributed by atoms with van der Waals surface area (Å²) in [5, 5.41) is 12.2. The molecule has 98 valence electrons. The van der Waals surface area contributed by atoms with Crippen molar-refractivity contribution in [1.82, 2.24) is 4.98 Å². The number of nitrogens with zero attached hydrogens (tertiary/aromatic N) is 1. The highest BCUT2D eigenvalue weighted by Crippen LogP contribution is 2.25. The minimum Gasteiger partial charge on any atom is -0.508 e. The van der Waals surface area contributed by atoms with E-state index in [4.69, 9.17) is 17.3 Å². The number of aromatic nitrogens is 1. The van der Waals surface area contributed by atoms with Crippen molar-refractivity contribution in [2.75, 3.05) is 11.1 Å². The van der Waals surface area contributed by atoms with E-state index in [0.29, 0.717) is 16.0 Å². The van der Waals surface area contributed by atoms with Crippen LogP contribution in [0, 0.1) is 0 Å². The number of nitrogens with two attached hydrogens (primary N) is 1. The van der Waals surface area contributed by atoms with E-state index in [0.717, 1.165) is 0 Å². The van der Waals surface area contributed by atoms with Crippen LogP contribution in [0.2, 0.25) is 5.02 Å². The number of phenolic OH excluding ortho intramolecular Hbond substituents is 1. The van der Waals surface area contributed by atoms with E-state index in [1.807, 2.05) is 0 Å². The maximum atomic E-state index is 12.0. The van der Waals surface area contributed by atoms with Crippen LogP contribution in [0.15, 0.2) is 34.9 Å². The molecule has 0 saturated carbocycles. The quantitative estimate of drug-likeness (QED) is 0.782. The molecule has 0 fully saturated rings. The molecule has 0 spiro atoms. The molecule has 0 bridgehead atoms. The summed E-state index contributed by atoms with van der Waals surface area (Å²) in [6.45, 7) is 0. The molecule has 0 unspecified atom stereocenters. The molecule has 5 nitrogen and oxygen atoms in total. The van der Waals surface area contributed by atoms with Crippen molar-refractivity contribution in [2.24, 2.45) is 0 Å². The summed E-state index contributed by atoms with van der Waals surface area (Å²) in [4.78, 5) is 16.0. The highest BCUT2D eigenvalue weighted by atomic mass is 79.9. The summed E-state index contributed by atoms with van der Waals surface area (Å²) in [7, 11) is 0. The monoisotopic (exact) mass is 341 g/mol. The Labute approximate surface area is 122 Å². The molecular weight excluding hydrogens is 334 g/mol. The molecule has 0 saturated heterocycles. The second-order valence-electron chi connectivity index (χ2n) is 3.72. The SMILES string of the molecule is Nc1cnc(NC(=O)c2cc(O)ccc2Cl)c(Br)c1. The predicted octanol–water partition coefficient (Wildman–Crippen LogP) is 3.04. The fourth-order valence-electron chi connectivity index (χ4n) is 1.41. The number of benzene rings is 1. The second kappa shape index (κ2) is 5.46. The topological polar surface area (TPSA) is 88.2 Å². The van der Waals surface area contributed by atoms with Crippen LogP contribution in [0.3, 0.4) is 0 Å². The number of nitrogens with one attached hydrogen (secondary N) is 1. The van der Waals surface area contributed by atoms with Gasteiger partial charge in [-0.25, -0.2) is 4.98 Å². The molecule has 4 N–H and O–H groups in total. The summed E-state index contributed by atoms with van der Waals surface area (Å²) >= 11 is 9.14. The third-order valence-corrected chi connectivity index (χ3v) is 3.22. The van der Waals surface area contributed by atoms with E-state index >= 15 is 0 Å². The molecule has 19 heavy (non-hydrogen) atoms. The van der Waals surface area contributed by atoms with Crippen molar-refractivity contribution in [2.45, 2.75) is 0 Å². The Morgan fingerprint density at radius 3 is 2.84 bits per heavy atom. The number of hydrogen-bond acceptors (Lipinski definition) is 4. The van der Waals surface area contributed by atoms with Crippen LogP contribution in [-0.4, -0.2) is 16.0 Å². The highest BCUT2D eigenvalue weighted by Gasteiger charge is 2.13. The number of hydrogen-bond donors (Lipinski definition) is 3. The van der Waals surface area contributed by atoms with Crippen LogP contribution in [0.25, 0.3) is 0 Å². The normalized spacial score (nSPS) is 10.2. The maximum absolute atomic E-state index is 12.0. The number of carbonyl (C=O) groups is 1. The minimum atomic E-state index is -0.473. The molecule has 2 aromatic rings. The van der Waals surface area contributed by atoms with E-state index in [-0.39, 0.29) is 16.3 Å². The van der Waals surface area contributed by atoms with Crippen LogP contribution in [0.1, 0.15) is 10.4 Å². The van der Waals surface area contributed by atoms with E-state index in [1.165, 1.54) is 24.4 Å². The van der Waals surface area contributed by atoms with E-state index in [9.17, 15) is 9.90 Å². The number of rotatable bonds is 2. The first-order valence-electron chi connectivity index (χ1n) is 5.18. The summed E-state index contributed by atoms with van der Waals surface area (Å²) in [5.74, 6) is -0.198. The summed E-state index contributed by atoms with van der Waals surface area (Å²) < 4.78 is 0.553. The molecule has 0 radical (unpaired) electrons. The zero-order valence-corrected chi connectivity index (χ0v) is 11.9. The van der Waals surface area contributed by atoms with Crippen LogP contribution >= 0.6 is 27.5 Å². The van der Waals surface area contributed by atoms with Gasteiger partial charge in [0.1, 0.15) is 11.6 Å². The first kappa shape index (κ1) is 13.6. The van der Waals surface area contributed by atoms with Gasteiger partial charge in [0.2, 0.25) is 0 Å².